The molecule has 0 radical (unpaired) electrons. The van der Waals surface area contributed by atoms with E-state index in [1.54, 1.807) is 6.92 Å². The molecule has 0 spiro atoms. The molecule has 3 N–H and O–H groups in total. The zero-order chi connectivity index (χ0) is 31.9. The van der Waals surface area contributed by atoms with Crippen molar-refractivity contribution in [3.8, 4) is 11.5 Å². The van der Waals surface area contributed by atoms with Gasteiger partial charge in [0.1, 0.15) is 11.5 Å². The van der Waals surface area contributed by atoms with Gasteiger partial charge < -0.3 is 20.1 Å². The lowest BCUT2D eigenvalue weighted by molar-refractivity contribution is -0.168. The summed E-state index contributed by atoms with van der Waals surface area (Å²) in [5.41, 5.74) is 0.431. The standard InChI is InChI=1S/C35H52O6/c1-14-41-30(40)35(29(38)39,19-21-15-23(31(2,3)4)27(36)24(16-21)32(5,6)7)20-22-17-25(33(8,9)10)28(37)26(18-22)34(11,12)13/h15-18,36-37H,14,19-20H2,1-13H3,(H,38,39). The Morgan fingerprint density at radius 1 is 0.610 bits per heavy atom. The number of benzene rings is 2. The first-order valence-corrected chi connectivity index (χ1v) is 14.5. The lowest BCUT2D eigenvalue weighted by Crippen LogP contribution is -2.45. The second-order valence-corrected chi connectivity index (χ2v) is 15.5. The lowest BCUT2D eigenvalue weighted by Gasteiger charge is -2.32. The van der Waals surface area contributed by atoms with Gasteiger partial charge in [-0.05, 0) is 74.8 Å². The number of hydrogen-bond acceptors (Lipinski definition) is 5. The van der Waals surface area contributed by atoms with Crippen molar-refractivity contribution < 1.29 is 29.6 Å². The number of phenols is 2. The zero-order valence-electron chi connectivity index (χ0n) is 27.5. The minimum atomic E-state index is -1.93. The molecule has 2 aromatic rings. The van der Waals surface area contributed by atoms with Gasteiger partial charge in [-0.3, -0.25) is 9.59 Å². The van der Waals surface area contributed by atoms with Gasteiger partial charge in [-0.25, -0.2) is 0 Å². The summed E-state index contributed by atoms with van der Waals surface area (Å²) in [5.74, 6) is -1.71. The molecule has 0 amide bonds. The third-order valence-electron chi connectivity index (χ3n) is 7.66. The van der Waals surface area contributed by atoms with Crippen LogP contribution in [0.4, 0.5) is 0 Å². The molecule has 0 heterocycles. The second-order valence-electron chi connectivity index (χ2n) is 15.5. The Morgan fingerprint density at radius 3 is 1.07 bits per heavy atom. The van der Waals surface area contributed by atoms with Crippen molar-refractivity contribution >= 4 is 11.9 Å². The van der Waals surface area contributed by atoms with Gasteiger partial charge in [0, 0.05) is 0 Å². The first-order valence-electron chi connectivity index (χ1n) is 14.5. The third-order valence-corrected chi connectivity index (χ3v) is 7.66. The highest BCUT2D eigenvalue weighted by Gasteiger charge is 2.49. The van der Waals surface area contributed by atoms with Crippen LogP contribution in [-0.4, -0.2) is 33.9 Å². The van der Waals surface area contributed by atoms with Crippen molar-refractivity contribution in [3.05, 3.63) is 57.6 Å². The first kappa shape index (κ1) is 34.2. The minimum Gasteiger partial charge on any atom is -0.507 e. The topological polar surface area (TPSA) is 104 Å². The maximum absolute atomic E-state index is 13.7. The number of aromatic hydroxyl groups is 2. The Kier molecular flexibility index (Phi) is 9.45. The number of carbonyl (C=O) groups is 2. The Morgan fingerprint density at radius 2 is 0.878 bits per heavy atom. The Hall–Kier alpha value is -3.02. The van der Waals surface area contributed by atoms with Gasteiger partial charge in [0.25, 0.3) is 0 Å². The van der Waals surface area contributed by atoms with E-state index < -0.39 is 39.0 Å². The highest BCUT2D eigenvalue weighted by Crippen LogP contribution is 2.44. The Bertz CT molecular complexity index is 1140. The number of rotatable bonds is 7. The molecule has 0 unspecified atom stereocenters. The molecule has 0 aromatic heterocycles. The molecule has 2 aromatic carbocycles. The molecule has 0 aliphatic rings. The van der Waals surface area contributed by atoms with Gasteiger partial charge in [0.2, 0.25) is 0 Å². The highest BCUT2D eigenvalue weighted by molar-refractivity contribution is 6.00. The van der Waals surface area contributed by atoms with Crippen molar-refractivity contribution in [3.63, 3.8) is 0 Å². The van der Waals surface area contributed by atoms with E-state index >= 15 is 0 Å². The van der Waals surface area contributed by atoms with Crippen LogP contribution in [0, 0.1) is 5.41 Å². The quantitative estimate of drug-likeness (QED) is 0.233. The van der Waals surface area contributed by atoms with Gasteiger partial charge in [-0.2, -0.15) is 0 Å². The summed E-state index contributed by atoms with van der Waals surface area (Å²) in [5, 5.41) is 33.2. The Balaban J connectivity index is 2.92. The number of phenolic OH excluding ortho intramolecular Hbond substituents is 2. The van der Waals surface area contributed by atoms with Crippen molar-refractivity contribution in [2.24, 2.45) is 5.41 Å². The zero-order valence-corrected chi connectivity index (χ0v) is 27.5. The second kappa shape index (κ2) is 11.3. The fraction of sp³-hybridized carbons (Fsp3) is 0.600. The van der Waals surface area contributed by atoms with Gasteiger partial charge >= 0.3 is 11.9 Å². The van der Waals surface area contributed by atoms with Crippen LogP contribution in [0.5, 0.6) is 11.5 Å². The summed E-state index contributed by atoms with van der Waals surface area (Å²) in [6, 6.07) is 7.28. The molecule has 228 valence electrons. The molecule has 0 saturated heterocycles. The fourth-order valence-electron chi connectivity index (χ4n) is 5.29. The normalized spacial score (nSPS) is 13.3. The average molecular weight is 569 g/mol. The van der Waals surface area contributed by atoms with Crippen LogP contribution in [0.15, 0.2) is 24.3 Å². The molecule has 0 bridgehead atoms. The largest absolute Gasteiger partial charge is 0.507 e. The summed E-state index contributed by atoms with van der Waals surface area (Å²) < 4.78 is 5.43. The highest BCUT2D eigenvalue weighted by atomic mass is 16.5. The van der Waals surface area contributed by atoms with E-state index in [0.717, 1.165) is 0 Å². The van der Waals surface area contributed by atoms with Crippen molar-refractivity contribution in [1.82, 2.24) is 0 Å². The SMILES string of the molecule is CCOC(=O)C(Cc1cc(C(C)(C)C)c(O)c(C(C)(C)C)c1)(Cc1cc(C(C)(C)C)c(O)c(C(C)(C)C)c1)C(=O)O. The van der Waals surface area contributed by atoms with E-state index in [9.17, 15) is 24.9 Å². The van der Waals surface area contributed by atoms with Gasteiger partial charge in [0.05, 0.1) is 6.61 Å². The maximum atomic E-state index is 13.7. The number of carboxylic acids is 1. The Labute approximate surface area is 247 Å². The number of aliphatic carboxylic acids is 1. The summed E-state index contributed by atoms with van der Waals surface area (Å²) in [4.78, 5) is 26.9. The molecule has 2 rings (SSSR count). The van der Waals surface area contributed by atoms with E-state index in [4.69, 9.17) is 4.74 Å². The molecule has 0 aliphatic heterocycles. The van der Waals surface area contributed by atoms with E-state index in [1.807, 2.05) is 107 Å². The maximum Gasteiger partial charge on any atom is 0.324 e. The monoisotopic (exact) mass is 568 g/mol. The van der Waals surface area contributed by atoms with Gasteiger partial charge in [-0.15, -0.1) is 0 Å². The number of esters is 1. The predicted molar refractivity (Wildman–Crippen MR) is 165 cm³/mol. The first-order chi connectivity index (χ1) is 18.4. The van der Waals surface area contributed by atoms with Crippen LogP contribution in [0.25, 0.3) is 0 Å². The van der Waals surface area contributed by atoms with E-state index in [1.165, 1.54) is 0 Å². The molecule has 0 atom stereocenters. The van der Waals surface area contributed by atoms with Crippen molar-refractivity contribution in [2.75, 3.05) is 6.61 Å². The van der Waals surface area contributed by atoms with Crippen LogP contribution in [0.1, 0.15) is 123 Å². The summed E-state index contributed by atoms with van der Waals surface area (Å²) in [6.07, 6.45) is -0.242. The van der Waals surface area contributed by atoms with E-state index in [2.05, 4.69) is 0 Å². The van der Waals surface area contributed by atoms with Crippen molar-refractivity contribution in [1.29, 1.82) is 0 Å². The third kappa shape index (κ3) is 7.44. The van der Waals surface area contributed by atoms with Crippen LogP contribution in [-0.2, 0) is 48.8 Å². The molecular formula is C35H52O6. The number of hydrogen-bond donors (Lipinski definition) is 3. The predicted octanol–water partition coefficient (Wildman–Crippen LogP) is 7.71. The average Bonchev–Trinajstić information content (AvgIpc) is 2.77. The molecule has 0 aliphatic carbocycles. The van der Waals surface area contributed by atoms with Crippen molar-refractivity contribution in [2.45, 2.75) is 125 Å². The number of carboxylic acid groups (broad SMARTS) is 1. The van der Waals surface area contributed by atoms with Gasteiger partial charge in [-0.1, -0.05) is 107 Å². The van der Waals surface area contributed by atoms with Gasteiger partial charge in [0.15, 0.2) is 5.41 Å². The van der Waals surface area contributed by atoms with Crippen LogP contribution >= 0.6 is 0 Å². The minimum absolute atomic E-state index is 0.0417. The molecule has 41 heavy (non-hydrogen) atoms. The smallest absolute Gasteiger partial charge is 0.324 e. The molecule has 6 heteroatoms. The number of carbonyl (C=O) groups excluding carboxylic acids is 1. The summed E-state index contributed by atoms with van der Waals surface area (Å²) in [6.45, 7) is 25.6. The number of ether oxygens (including phenoxy) is 1. The van der Waals surface area contributed by atoms with Crippen LogP contribution < -0.4 is 0 Å². The van der Waals surface area contributed by atoms with Crippen LogP contribution in [0.3, 0.4) is 0 Å². The fourth-order valence-corrected chi connectivity index (χ4v) is 5.29. The van der Waals surface area contributed by atoms with E-state index in [0.29, 0.717) is 33.4 Å². The molecule has 6 nitrogen and oxygen atoms in total. The van der Waals surface area contributed by atoms with Crippen LogP contribution in [0.2, 0.25) is 0 Å². The van der Waals surface area contributed by atoms with E-state index in [-0.39, 0.29) is 30.9 Å². The molecule has 0 saturated carbocycles. The summed E-state index contributed by atoms with van der Waals surface area (Å²) >= 11 is 0. The summed E-state index contributed by atoms with van der Waals surface area (Å²) in [7, 11) is 0. The molecular weight excluding hydrogens is 516 g/mol. The molecule has 0 fully saturated rings. The lowest BCUT2D eigenvalue weighted by atomic mass is 9.71.